The van der Waals surface area contributed by atoms with E-state index < -0.39 is 0 Å². The van der Waals surface area contributed by atoms with E-state index in [1.54, 1.807) is 16.0 Å². The molecule has 114 valence electrons. The average molecular weight is 337 g/mol. The minimum atomic E-state index is -0.149. The van der Waals surface area contributed by atoms with E-state index in [1.165, 1.54) is 0 Å². The number of benzene rings is 1. The number of hydrogen-bond donors (Lipinski definition) is 0. The van der Waals surface area contributed by atoms with Gasteiger partial charge in [-0.2, -0.15) is 0 Å². The fourth-order valence-corrected chi connectivity index (χ4v) is 3.79. The Morgan fingerprint density at radius 2 is 2.32 bits per heavy atom. The number of aryl methyl sites for hydroxylation is 1. The molecule has 0 N–H and O–H groups in total. The van der Waals surface area contributed by atoms with E-state index in [2.05, 4.69) is 25.4 Å². The zero-order valence-corrected chi connectivity index (χ0v) is 13.4. The van der Waals surface area contributed by atoms with E-state index >= 15 is 0 Å². The van der Waals surface area contributed by atoms with Gasteiger partial charge in [0.2, 0.25) is 0 Å². The number of morpholine rings is 1. The summed E-state index contributed by atoms with van der Waals surface area (Å²) in [5.41, 5.74) is 0.966. The number of fused-ring (bicyclic) bond motifs is 1. The molecule has 4 rings (SSSR count). The highest BCUT2D eigenvalue weighted by Gasteiger charge is 2.27. The molecule has 1 aliphatic rings. The SMILES string of the molecule is Cn1nnnc1C1CN(c2nc3ccc(Cl)cc3s2)CCO1. The maximum atomic E-state index is 6.04. The number of tetrazole rings is 1. The van der Waals surface area contributed by atoms with Crippen molar-refractivity contribution in [3.63, 3.8) is 0 Å². The van der Waals surface area contributed by atoms with Gasteiger partial charge in [-0.25, -0.2) is 9.67 Å². The van der Waals surface area contributed by atoms with Crippen LogP contribution in [0.2, 0.25) is 5.02 Å². The predicted molar refractivity (Wildman–Crippen MR) is 84.3 cm³/mol. The predicted octanol–water partition coefficient (Wildman–Crippen LogP) is 2.05. The molecule has 1 atom stereocenters. The lowest BCUT2D eigenvalue weighted by Gasteiger charge is -2.31. The van der Waals surface area contributed by atoms with Crippen LogP contribution < -0.4 is 4.90 Å². The number of hydrogen-bond acceptors (Lipinski definition) is 7. The smallest absolute Gasteiger partial charge is 0.186 e. The zero-order chi connectivity index (χ0) is 15.1. The molecule has 2 aromatic heterocycles. The van der Waals surface area contributed by atoms with Gasteiger partial charge in [-0.3, -0.25) is 0 Å². The first-order valence-electron chi connectivity index (χ1n) is 6.85. The molecule has 1 unspecified atom stereocenters. The molecular formula is C13H13ClN6OS. The first-order chi connectivity index (χ1) is 10.7. The number of thiazole rings is 1. The van der Waals surface area contributed by atoms with Crippen LogP contribution in [0.4, 0.5) is 5.13 Å². The molecule has 0 saturated carbocycles. The van der Waals surface area contributed by atoms with Crippen molar-refractivity contribution >= 4 is 38.3 Å². The number of ether oxygens (including phenoxy) is 1. The van der Waals surface area contributed by atoms with Gasteiger partial charge in [-0.1, -0.05) is 22.9 Å². The molecule has 0 bridgehead atoms. The first-order valence-corrected chi connectivity index (χ1v) is 8.05. The van der Waals surface area contributed by atoms with E-state index in [1.807, 2.05) is 25.2 Å². The second-order valence-electron chi connectivity index (χ2n) is 5.07. The number of anilines is 1. The fourth-order valence-electron chi connectivity index (χ4n) is 2.51. The molecule has 3 aromatic rings. The van der Waals surface area contributed by atoms with Gasteiger partial charge in [0.1, 0.15) is 6.10 Å². The van der Waals surface area contributed by atoms with Crippen LogP contribution in [0.15, 0.2) is 18.2 Å². The summed E-state index contributed by atoms with van der Waals surface area (Å²) in [5, 5.41) is 13.3. The molecule has 1 fully saturated rings. The lowest BCUT2D eigenvalue weighted by Crippen LogP contribution is -2.39. The summed E-state index contributed by atoms with van der Waals surface area (Å²) in [4.78, 5) is 6.90. The summed E-state index contributed by atoms with van der Waals surface area (Å²) < 4.78 is 8.53. The van der Waals surface area contributed by atoms with Gasteiger partial charge < -0.3 is 9.64 Å². The number of halogens is 1. The van der Waals surface area contributed by atoms with Gasteiger partial charge in [-0.05, 0) is 28.6 Å². The summed E-state index contributed by atoms with van der Waals surface area (Å²) in [5.74, 6) is 0.730. The van der Waals surface area contributed by atoms with Crippen molar-refractivity contribution < 1.29 is 4.74 Å². The van der Waals surface area contributed by atoms with Crippen LogP contribution in [0, 0.1) is 0 Å². The van der Waals surface area contributed by atoms with E-state index in [0.29, 0.717) is 13.2 Å². The van der Waals surface area contributed by atoms with Crippen molar-refractivity contribution in [3.05, 3.63) is 29.0 Å². The van der Waals surface area contributed by atoms with E-state index in [0.717, 1.165) is 32.7 Å². The second kappa shape index (κ2) is 5.45. The van der Waals surface area contributed by atoms with Gasteiger partial charge in [-0.15, -0.1) is 5.10 Å². The third-order valence-corrected chi connectivity index (χ3v) is 4.93. The molecular weight excluding hydrogens is 324 g/mol. The minimum Gasteiger partial charge on any atom is -0.366 e. The number of aromatic nitrogens is 5. The molecule has 7 nitrogen and oxygen atoms in total. The van der Waals surface area contributed by atoms with Gasteiger partial charge in [0.15, 0.2) is 11.0 Å². The molecule has 0 amide bonds. The molecule has 3 heterocycles. The van der Waals surface area contributed by atoms with Crippen LogP contribution in [0.1, 0.15) is 11.9 Å². The molecule has 22 heavy (non-hydrogen) atoms. The summed E-state index contributed by atoms with van der Waals surface area (Å²) in [6.45, 7) is 2.10. The fraction of sp³-hybridized carbons (Fsp3) is 0.385. The minimum absolute atomic E-state index is 0.149. The van der Waals surface area contributed by atoms with Crippen LogP contribution in [0.3, 0.4) is 0 Å². The summed E-state index contributed by atoms with van der Waals surface area (Å²) in [6.07, 6.45) is -0.149. The van der Waals surface area contributed by atoms with Crippen molar-refractivity contribution in [2.45, 2.75) is 6.10 Å². The van der Waals surface area contributed by atoms with Crippen LogP contribution in [0.25, 0.3) is 10.2 Å². The molecule has 1 aliphatic heterocycles. The van der Waals surface area contributed by atoms with Gasteiger partial charge >= 0.3 is 0 Å². The first kappa shape index (κ1) is 13.9. The zero-order valence-electron chi connectivity index (χ0n) is 11.8. The van der Waals surface area contributed by atoms with Crippen molar-refractivity contribution in [2.24, 2.45) is 7.05 Å². The topological polar surface area (TPSA) is 69.0 Å². The average Bonchev–Trinajstić information content (AvgIpc) is 3.13. The third kappa shape index (κ3) is 2.43. The number of nitrogens with zero attached hydrogens (tertiary/aromatic N) is 6. The maximum Gasteiger partial charge on any atom is 0.186 e. The molecule has 0 radical (unpaired) electrons. The summed E-state index contributed by atoms with van der Waals surface area (Å²) in [7, 11) is 1.82. The van der Waals surface area contributed by atoms with Crippen molar-refractivity contribution in [1.82, 2.24) is 25.2 Å². The van der Waals surface area contributed by atoms with Crippen LogP contribution in [0.5, 0.6) is 0 Å². The number of rotatable bonds is 2. The Labute approximate surface area is 135 Å². The highest BCUT2D eigenvalue weighted by molar-refractivity contribution is 7.22. The molecule has 0 spiro atoms. The van der Waals surface area contributed by atoms with Gasteiger partial charge in [0.25, 0.3) is 0 Å². The third-order valence-electron chi connectivity index (χ3n) is 3.62. The monoisotopic (exact) mass is 336 g/mol. The lowest BCUT2D eigenvalue weighted by atomic mass is 10.2. The highest BCUT2D eigenvalue weighted by Crippen LogP contribution is 2.33. The van der Waals surface area contributed by atoms with Gasteiger partial charge in [0, 0.05) is 18.6 Å². The van der Waals surface area contributed by atoms with Gasteiger partial charge in [0.05, 0.1) is 23.4 Å². The van der Waals surface area contributed by atoms with Crippen LogP contribution in [-0.4, -0.2) is 44.9 Å². The maximum absolute atomic E-state index is 6.04. The van der Waals surface area contributed by atoms with Crippen molar-refractivity contribution in [1.29, 1.82) is 0 Å². The highest BCUT2D eigenvalue weighted by atomic mass is 35.5. The Bertz CT molecular complexity index is 818. The van der Waals surface area contributed by atoms with Crippen molar-refractivity contribution in [2.75, 3.05) is 24.6 Å². The lowest BCUT2D eigenvalue weighted by molar-refractivity contribution is 0.0316. The van der Waals surface area contributed by atoms with Crippen LogP contribution in [-0.2, 0) is 11.8 Å². The van der Waals surface area contributed by atoms with E-state index in [9.17, 15) is 0 Å². The Morgan fingerprint density at radius 1 is 1.41 bits per heavy atom. The Balaban J connectivity index is 1.62. The normalized spacial score (nSPS) is 19.0. The van der Waals surface area contributed by atoms with E-state index in [-0.39, 0.29) is 6.10 Å². The molecule has 9 heteroatoms. The standard InChI is InChI=1S/C13H13ClN6OS/c1-19-12(16-17-18-19)10-7-20(4-5-21-10)13-15-9-3-2-8(14)6-11(9)22-13/h2-3,6,10H,4-5,7H2,1H3. The molecule has 0 aliphatic carbocycles. The largest absolute Gasteiger partial charge is 0.366 e. The molecule has 1 aromatic carbocycles. The molecule has 1 saturated heterocycles. The van der Waals surface area contributed by atoms with Crippen molar-refractivity contribution in [3.8, 4) is 0 Å². The second-order valence-corrected chi connectivity index (χ2v) is 6.52. The summed E-state index contributed by atoms with van der Waals surface area (Å²) >= 11 is 7.68. The quantitative estimate of drug-likeness (QED) is 0.713. The Hall–Kier alpha value is -1.77. The summed E-state index contributed by atoms with van der Waals surface area (Å²) in [6, 6.07) is 5.76. The Morgan fingerprint density at radius 3 is 3.14 bits per heavy atom. The van der Waals surface area contributed by atoms with E-state index in [4.69, 9.17) is 16.3 Å². The Kier molecular flexibility index (Phi) is 3.44. The van der Waals surface area contributed by atoms with Crippen LogP contribution >= 0.6 is 22.9 Å².